The molecule has 1 heteroatoms. The molecule has 0 aromatic heterocycles. The van der Waals surface area contributed by atoms with Gasteiger partial charge in [-0.15, -0.1) is 0 Å². The van der Waals surface area contributed by atoms with Crippen LogP contribution in [0.4, 0.5) is 0 Å². The van der Waals surface area contributed by atoms with Crippen molar-refractivity contribution in [1.82, 2.24) is 0 Å². The van der Waals surface area contributed by atoms with E-state index in [0.29, 0.717) is 18.1 Å². The van der Waals surface area contributed by atoms with Crippen molar-refractivity contribution in [2.75, 3.05) is 0 Å². The number of hydrogen-bond acceptors (Lipinski definition) is 1. The smallest absolute Gasteiger partial charge is 0.143 e. The molecule has 2 aromatic carbocycles. The van der Waals surface area contributed by atoms with Crippen molar-refractivity contribution in [1.29, 1.82) is 0 Å². The van der Waals surface area contributed by atoms with Crippen LogP contribution >= 0.6 is 0 Å². The molecule has 3 rings (SSSR count). The molecule has 1 fully saturated rings. The van der Waals surface area contributed by atoms with Crippen LogP contribution in [0.1, 0.15) is 130 Å². The fourth-order valence-electron chi connectivity index (χ4n) is 5.18. The average molecular weight is 571 g/mol. The SMILES string of the molecule is C=C(/C=C(\C)CC(CCC)CCCC(=O)C1(c2ccccc2)CC1)c1ccccc1C.C=CC(C)=C(C)C.CC.CC. The molecular formula is C41H62O. The summed E-state index contributed by atoms with van der Waals surface area (Å²) in [6.45, 7) is 28.8. The Balaban J connectivity index is 0.00000132. The molecule has 1 nitrogen and oxygen atoms in total. The van der Waals surface area contributed by atoms with Crippen molar-refractivity contribution in [3.05, 3.63) is 113 Å². The summed E-state index contributed by atoms with van der Waals surface area (Å²) in [6, 6.07) is 18.8. The number of allylic oxidation sites excluding steroid dienone is 6. The summed E-state index contributed by atoms with van der Waals surface area (Å²) in [5, 5.41) is 0. The Morgan fingerprint density at radius 1 is 0.905 bits per heavy atom. The van der Waals surface area contributed by atoms with Crippen LogP contribution in [0.15, 0.2) is 96.6 Å². The minimum atomic E-state index is -0.164. The molecule has 2 aromatic rings. The first-order valence-electron chi connectivity index (χ1n) is 16.4. The Morgan fingerprint density at radius 3 is 1.95 bits per heavy atom. The van der Waals surface area contributed by atoms with Crippen LogP contribution in [0.25, 0.3) is 5.57 Å². The molecular weight excluding hydrogens is 508 g/mol. The highest BCUT2D eigenvalue weighted by atomic mass is 16.1. The van der Waals surface area contributed by atoms with Crippen molar-refractivity contribution in [3.63, 3.8) is 0 Å². The quantitative estimate of drug-likeness (QED) is 0.219. The Kier molecular flexibility index (Phi) is 20.2. The molecule has 1 aliphatic rings. The van der Waals surface area contributed by atoms with Gasteiger partial charge in [-0.05, 0) is 94.9 Å². The maximum absolute atomic E-state index is 13.0. The summed E-state index contributed by atoms with van der Waals surface area (Å²) in [5.74, 6) is 1.10. The molecule has 0 bridgehead atoms. The lowest BCUT2D eigenvalue weighted by atomic mass is 9.85. The lowest BCUT2D eigenvalue weighted by molar-refractivity contribution is -0.121. The zero-order chi connectivity index (χ0) is 32.1. The summed E-state index contributed by atoms with van der Waals surface area (Å²) in [4.78, 5) is 13.0. The second kappa shape index (κ2) is 21.7. The molecule has 1 unspecified atom stereocenters. The van der Waals surface area contributed by atoms with E-state index in [9.17, 15) is 4.79 Å². The number of benzene rings is 2. The molecule has 0 amide bonds. The number of Topliss-reactive ketones (excluding diaryl/α,β-unsaturated/α-hetero) is 1. The largest absolute Gasteiger partial charge is 0.299 e. The predicted octanol–water partition coefficient (Wildman–Crippen LogP) is 12.8. The van der Waals surface area contributed by atoms with Gasteiger partial charge in [0.1, 0.15) is 5.78 Å². The number of carbonyl (C=O) groups excluding carboxylic acids is 1. The summed E-state index contributed by atoms with van der Waals surface area (Å²) in [5.41, 5.74) is 8.67. The van der Waals surface area contributed by atoms with Gasteiger partial charge >= 0.3 is 0 Å². The Labute approximate surface area is 260 Å². The van der Waals surface area contributed by atoms with E-state index in [4.69, 9.17) is 0 Å². The van der Waals surface area contributed by atoms with Gasteiger partial charge in [0, 0.05) is 6.42 Å². The van der Waals surface area contributed by atoms with Gasteiger partial charge in [-0.25, -0.2) is 0 Å². The van der Waals surface area contributed by atoms with Crippen LogP contribution in [0.3, 0.4) is 0 Å². The first kappa shape index (κ1) is 39.1. The van der Waals surface area contributed by atoms with Crippen molar-refractivity contribution >= 4 is 11.4 Å². The zero-order valence-corrected chi connectivity index (χ0v) is 28.9. The van der Waals surface area contributed by atoms with Crippen molar-refractivity contribution < 1.29 is 4.79 Å². The average Bonchev–Trinajstić information content (AvgIpc) is 3.82. The first-order chi connectivity index (χ1) is 20.1. The summed E-state index contributed by atoms with van der Waals surface area (Å²) < 4.78 is 0. The number of carbonyl (C=O) groups is 1. The lowest BCUT2D eigenvalue weighted by Crippen LogP contribution is -2.20. The fraction of sp³-hybridized carbons (Fsp3) is 0.488. The number of ketones is 1. The second-order valence-corrected chi connectivity index (χ2v) is 11.3. The van der Waals surface area contributed by atoms with Gasteiger partial charge in [0.2, 0.25) is 0 Å². The van der Waals surface area contributed by atoms with E-state index in [1.807, 2.05) is 39.8 Å². The maximum Gasteiger partial charge on any atom is 0.143 e. The Morgan fingerprint density at radius 2 is 1.48 bits per heavy atom. The summed E-state index contributed by atoms with van der Waals surface area (Å²) >= 11 is 0. The molecule has 0 radical (unpaired) electrons. The third-order valence-corrected chi connectivity index (χ3v) is 7.94. The van der Waals surface area contributed by atoms with E-state index in [1.54, 1.807) is 0 Å². The molecule has 1 saturated carbocycles. The van der Waals surface area contributed by atoms with Gasteiger partial charge in [0.05, 0.1) is 5.41 Å². The molecule has 232 valence electrons. The highest BCUT2D eigenvalue weighted by Gasteiger charge is 2.49. The molecule has 42 heavy (non-hydrogen) atoms. The fourth-order valence-corrected chi connectivity index (χ4v) is 5.18. The molecule has 1 atom stereocenters. The minimum absolute atomic E-state index is 0.164. The number of aryl methyl sites for hydroxylation is 1. The third kappa shape index (κ3) is 13.4. The Hall–Kier alpha value is -2.93. The van der Waals surface area contributed by atoms with E-state index < -0.39 is 0 Å². The van der Waals surface area contributed by atoms with E-state index in [-0.39, 0.29) is 5.41 Å². The van der Waals surface area contributed by atoms with E-state index in [0.717, 1.165) is 37.7 Å². The minimum Gasteiger partial charge on any atom is -0.299 e. The second-order valence-electron chi connectivity index (χ2n) is 11.3. The topological polar surface area (TPSA) is 17.1 Å². The van der Waals surface area contributed by atoms with E-state index in [1.165, 1.54) is 46.3 Å². The molecule has 0 spiro atoms. The van der Waals surface area contributed by atoms with Crippen LogP contribution in [-0.4, -0.2) is 5.78 Å². The van der Waals surface area contributed by atoms with Gasteiger partial charge in [-0.3, -0.25) is 4.79 Å². The molecule has 0 heterocycles. The van der Waals surface area contributed by atoms with Gasteiger partial charge < -0.3 is 0 Å². The molecule has 0 saturated heterocycles. The van der Waals surface area contributed by atoms with Crippen molar-refractivity contribution in [2.24, 2.45) is 5.92 Å². The van der Waals surface area contributed by atoms with E-state index in [2.05, 4.69) is 109 Å². The summed E-state index contributed by atoms with van der Waals surface area (Å²) in [7, 11) is 0. The third-order valence-electron chi connectivity index (χ3n) is 7.94. The van der Waals surface area contributed by atoms with E-state index >= 15 is 0 Å². The Bertz CT molecular complexity index is 1120. The normalized spacial score (nSPS) is 13.4. The van der Waals surface area contributed by atoms with Crippen molar-refractivity contribution in [3.8, 4) is 0 Å². The number of hydrogen-bond donors (Lipinski definition) is 0. The van der Waals surface area contributed by atoms with Crippen LogP contribution < -0.4 is 0 Å². The lowest BCUT2D eigenvalue weighted by Gasteiger charge is -2.18. The van der Waals surface area contributed by atoms with Gasteiger partial charge in [-0.1, -0.05) is 144 Å². The van der Waals surface area contributed by atoms with Crippen LogP contribution in [0, 0.1) is 12.8 Å². The maximum atomic E-state index is 13.0. The van der Waals surface area contributed by atoms with Gasteiger partial charge in [-0.2, -0.15) is 0 Å². The zero-order valence-electron chi connectivity index (χ0n) is 28.9. The van der Waals surface area contributed by atoms with Crippen molar-refractivity contribution in [2.45, 2.75) is 126 Å². The van der Waals surface area contributed by atoms with Gasteiger partial charge in [0.15, 0.2) is 0 Å². The molecule has 0 aliphatic heterocycles. The van der Waals surface area contributed by atoms with Crippen LogP contribution in [0.5, 0.6) is 0 Å². The monoisotopic (exact) mass is 570 g/mol. The molecule has 1 aliphatic carbocycles. The predicted molar refractivity (Wildman–Crippen MR) is 190 cm³/mol. The standard InChI is InChI=1S/C30H38O.C7H12.2C2H6/c1-5-12-26(22-23(2)21-25(4)28-17-10-9-13-24(28)3)14-11-18-29(31)30(19-20-30)27-15-7-6-8-16-27;1-5-7(4)6(2)3;2*1-2/h6-10,13,15-17,21,26H,4-5,11-12,14,18-20,22H2,1-3H3;5H,1H2,2-4H3;2*1-2H3/b23-21+;;;. The summed E-state index contributed by atoms with van der Waals surface area (Å²) in [6.07, 6.45) is 12.5. The first-order valence-corrected chi connectivity index (χ1v) is 16.4. The van der Waals surface area contributed by atoms with Crippen LogP contribution in [-0.2, 0) is 10.2 Å². The molecule has 0 N–H and O–H groups in total. The van der Waals surface area contributed by atoms with Gasteiger partial charge in [0.25, 0.3) is 0 Å². The van der Waals surface area contributed by atoms with Crippen LogP contribution in [0.2, 0.25) is 0 Å². The number of rotatable bonds is 13. The highest BCUT2D eigenvalue weighted by molar-refractivity contribution is 5.93. The highest BCUT2D eigenvalue weighted by Crippen LogP contribution is 2.49.